The van der Waals surface area contributed by atoms with Crippen molar-refractivity contribution in [2.75, 3.05) is 20.6 Å². The van der Waals surface area contributed by atoms with Crippen LogP contribution < -0.4 is 11.1 Å². The van der Waals surface area contributed by atoms with Gasteiger partial charge in [0.2, 0.25) is 5.91 Å². The number of rotatable bonds is 4. The van der Waals surface area contributed by atoms with Gasteiger partial charge in [-0.15, -0.1) is 0 Å². The fourth-order valence-electron chi connectivity index (χ4n) is 5.39. The molecule has 0 aromatic rings. The first-order valence-corrected chi connectivity index (χ1v) is 9.72. The number of hydrogen-bond acceptors (Lipinski definition) is 3. The van der Waals surface area contributed by atoms with Crippen LogP contribution in [0.2, 0.25) is 0 Å². The largest absolute Gasteiger partial charge is 0.354 e. The first-order chi connectivity index (χ1) is 11.0. The molecule has 3 fully saturated rings. The number of fused-ring (bicyclic) bond motifs is 2. The van der Waals surface area contributed by atoms with Crippen molar-refractivity contribution in [1.82, 2.24) is 10.2 Å². The summed E-state index contributed by atoms with van der Waals surface area (Å²) in [5, 5.41) is 3.33. The molecule has 0 aromatic heterocycles. The van der Waals surface area contributed by atoms with Crippen molar-refractivity contribution in [2.24, 2.45) is 23.5 Å². The second-order valence-corrected chi connectivity index (χ2v) is 8.59. The molecule has 2 bridgehead atoms. The lowest BCUT2D eigenvalue weighted by Crippen LogP contribution is -2.55. The van der Waals surface area contributed by atoms with E-state index in [2.05, 4.69) is 24.3 Å². The van der Waals surface area contributed by atoms with Crippen molar-refractivity contribution >= 4 is 5.91 Å². The third-order valence-corrected chi connectivity index (χ3v) is 7.11. The standard InChI is InChI=1S/C19H35N3O/c1-22(2)19(9-4-3-5-10-19)13-21-18(23)16-11-14-7-6-8-15(12-16)17(14)20/h14-17H,3-13,20H2,1-2H3,(H,21,23). The van der Waals surface area contributed by atoms with Gasteiger partial charge in [-0.25, -0.2) is 0 Å². The van der Waals surface area contributed by atoms with Crippen molar-refractivity contribution in [3.8, 4) is 0 Å². The van der Waals surface area contributed by atoms with Crippen LogP contribution in [0.3, 0.4) is 0 Å². The third-order valence-electron chi connectivity index (χ3n) is 7.11. The minimum Gasteiger partial charge on any atom is -0.354 e. The Bertz CT molecular complexity index is 403. The first kappa shape index (κ1) is 17.2. The average molecular weight is 322 g/mol. The molecule has 2 atom stereocenters. The van der Waals surface area contributed by atoms with Crippen LogP contribution in [0.15, 0.2) is 0 Å². The summed E-state index contributed by atoms with van der Waals surface area (Å²) in [6.07, 6.45) is 12.1. The van der Waals surface area contributed by atoms with E-state index in [0.29, 0.717) is 23.8 Å². The summed E-state index contributed by atoms with van der Waals surface area (Å²) in [5.41, 5.74) is 6.54. The monoisotopic (exact) mass is 321 g/mol. The zero-order chi connectivity index (χ0) is 16.4. The average Bonchev–Trinajstić information content (AvgIpc) is 2.53. The number of nitrogens with zero attached hydrogens (tertiary/aromatic N) is 1. The Hall–Kier alpha value is -0.610. The van der Waals surface area contributed by atoms with Gasteiger partial charge in [0.1, 0.15) is 0 Å². The van der Waals surface area contributed by atoms with Crippen LogP contribution in [-0.2, 0) is 4.79 Å². The molecule has 132 valence electrons. The molecule has 2 unspecified atom stereocenters. The van der Waals surface area contributed by atoms with Crippen LogP contribution in [0.25, 0.3) is 0 Å². The van der Waals surface area contributed by atoms with Gasteiger partial charge in [-0.2, -0.15) is 0 Å². The lowest BCUT2D eigenvalue weighted by Gasteiger charge is -2.45. The van der Waals surface area contributed by atoms with E-state index in [4.69, 9.17) is 5.73 Å². The Kier molecular flexibility index (Phi) is 5.32. The summed E-state index contributed by atoms with van der Waals surface area (Å²) in [5.74, 6) is 1.65. The van der Waals surface area contributed by atoms with Gasteiger partial charge in [0.25, 0.3) is 0 Å². The molecule has 23 heavy (non-hydrogen) atoms. The fourth-order valence-corrected chi connectivity index (χ4v) is 5.39. The first-order valence-electron chi connectivity index (χ1n) is 9.72. The highest BCUT2D eigenvalue weighted by Crippen LogP contribution is 2.42. The van der Waals surface area contributed by atoms with E-state index in [9.17, 15) is 4.79 Å². The predicted octanol–water partition coefficient (Wildman–Crippen LogP) is 2.52. The van der Waals surface area contributed by atoms with Crippen molar-refractivity contribution < 1.29 is 4.79 Å². The lowest BCUT2D eigenvalue weighted by atomic mass is 9.65. The molecule has 4 nitrogen and oxygen atoms in total. The molecule has 0 aromatic carbocycles. The molecule has 1 amide bonds. The Morgan fingerprint density at radius 3 is 2.26 bits per heavy atom. The van der Waals surface area contributed by atoms with Crippen molar-refractivity contribution in [2.45, 2.75) is 75.8 Å². The van der Waals surface area contributed by atoms with E-state index in [1.807, 2.05) is 0 Å². The molecule has 0 radical (unpaired) electrons. The quantitative estimate of drug-likeness (QED) is 0.836. The van der Waals surface area contributed by atoms with E-state index >= 15 is 0 Å². The van der Waals surface area contributed by atoms with Crippen LogP contribution in [-0.4, -0.2) is 43.0 Å². The molecule has 3 aliphatic rings. The van der Waals surface area contributed by atoms with Gasteiger partial charge in [-0.1, -0.05) is 25.7 Å². The lowest BCUT2D eigenvalue weighted by molar-refractivity contribution is -0.128. The number of hydrogen-bond donors (Lipinski definition) is 2. The molecule has 3 saturated carbocycles. The topological polar surface area (TPSA) is 58.4 Å². The summed E-state index contributed by atoms with van der Waals surface area (Å²) < 4.78 is 0. The van der Waals surface area contributed by atoms with E-state index in [0.717, 1.165) is 19.4 Å². The minimum atomic E-state index is 0.175. The normalized spacial score (nSPS) is 36.7. The number of nitrogens with two attached hydrogens (primary N) is 1. The van der Waals surface area contributed by atoms with E-state index in [1.54, 1.807) is 0 Å². The van der Waals surface area contributed by atoms with Gasteiger partial charge in [-0.05, 0) is 64.5 Å². The number of nitrogens with one attached hydrogen (secondary N) is 1. The van der Waals surface area contributed by atoms with Gasteiger partial charge in [0, 0.05) is 24.0 Å². The molecule has 0 aliphatic heterocycles. The molecule has 0 spiro atoms. The van der Waals surface area contributed by atoms with Crippen molar-refractivity contribution in [3.05, 3.63) is 0 Å². The van der Waals surface area contributed by atoms with Crippen LogP contribution >= 0.6 is 0 Å². The van der Waals surface area contributed by atoms with Gasteiger partial charge < -0.3 is 16.0 Å². The Morgan fingerprint density at radius 2 is 1.70 bits per heavy atom. The van der Waals surface area contributed by atoms with Crippen molar-refractivity contribution in [3.63, 3.8) is 0 Å². The second-order valence-electron chi connectivity index (χ2n) is 8.59. The maximum Gasteiger partial charge on any atom is 0.223 e. The van der Waals surface area contributed by atoms with E-state index in [1.165, 1.54) is 51.4 Å². The Labute approximate surface area is 141 Å². The van der Waals surface area contributed by atoms with Crippen LogP contribution in [0.4, 0.5) is 0 Å². The minimum absolute atomic E-state index is 0.175. The van der Waals surface area contributed by atoms with Crippen LogP contribution in [0.1, 0.15) is 64.2 Å². The van der Waals surface area contributed by atoms with E-state index in [-0.39, 0.29) is 11.5 Å². The fraction of sp³-hybridized carbons (Fsp3) is 0.947. The van der Waals surface area contributed by atoms with Crippen molar-refractivity contribution in [1.29, 1.82) is 0 Å². The van der Waals surface area contributed by atoms with E-state index < -0.39 is 0 Å². The maximum absolute atomic E-state index is 12.8. The third kappa shape index (κ3) is 3.58. The zero-order valence-electron chi connectivity index (χ0n) is 15.0. The number of amides is 1. The molecule has 0 saturated heterocycles. The summed E-state index contributed by atoms with van der Waals surface area (Å²) in [7, 11) is 4.34. The second kappa shape index (κ2) is 7.10. The molecule has 3 N–H and O–H groups in total. The highest BCUT2D eigenvalue weighted by molar-refractivity contribution is 5.79. The molecular formula is C19H35N3O. The zero-order valence-corrected chi connectivity index (χ0v) is 15.0. The predicted molar refractivity (Wildman–Crippen MR) is 94.0 cm³/mol. The smallest absolute Gasteiger partial charge is 0.223 e. The summed E-state index contributed by atoms with van der Waals surface area (Å²) in [6.45, 7) is 0.816. The van der Waals surface area contributed by atoms with Gasteiger partial charge in [0.05, 0.1) is 0 Å². The highest BCUT2D eigenvalue weighted by atomic mass is 16.1. The molecule has 0 heterocycles. The van der Waals surface area contributed by atoms with Gasteiger partial charge in [0.15, 0.2) is 0 Å². The number of carbonyl (C=O) groups is 1. The molecule has 3 aliphatic carbocycles. The highest BCUT2D eigenvalue weighted by Gasteiger charge is 2.41. The summed E-state index contributed by atoms with van der Waals surface area (Å²) in [6, 6.07) is 0.347. The number of likely N-dealkylation sites (N-methyl/N-ethyl adjacent to an activating group) is 1. The van der Waals surface area contributed by atoms with Gasteiger partial charge in [-0.3, -0.25) is 4.79 Å². The SMILES string of the molecule is CN(C)C1(CNC(=O)C2CC3CCCC(C2)C3N)CCCCC1. The summed E-state index contributed by atoms with van der Waals surface area (Å²) in [4.78, 5) is 15.1. The molecule has 4 heteroatoms. The summed E-state index contributed by atoms with van der Waals surface area (Å²) >= 11 is 0. The Balaban J connectivity index is 1.56. The van der Waals surface area contributed by atoms with Crippen LogP contribution in [0.5, 0.6) is 0 Å². The van der Waals surface area contributed by atoms with Crippen LogP contribution in [0, 0.1) is 17.8 Å². The maximum atomic E-state index is 12.8. The number of carbonyl (C=O) groups excluding carboxylic acids is 1. The van der Waals surface area contributed by atoms with Gasteiger partial charge >= 0.3 is 0 Å². The molecular weight excluding hydrogens is 286 g/mol. The molecule has 3 rings (SSSR count). The Morgan fingerprint density at radius 1 is 1.09 bits per heavy atom.